The zero-order valence-electron chi connectivity index (χ0n) is 14.2. The first-order valence-corrected chi connectivity index (χ1v) is 10.6. The van der Waals surface area contributed by atoms with Crippen LogP contribution < -0.4 is 4.72 Å². The summed E-state index contributed by atoms with van der Waals surface area (Å²) in [6, 6.07) is 19.1. The molecular formula is C19H16N4O2S2. The molecule has 8 heteroatoms. The first-order chi connectivity index (χ1) is 13.1. The molecule has 0 aliphatic heterocycles. The SMILES string of the molecule is O=S(=O)(Nc1nccs1)c1cn(Cc2ccccc2)nc1-c1ccccc1. The largest absolute Gasteiger partial charge is 0.267 e. The van der Waals surface area contributed by atoms with E-state index in [-0.39, 0.29) is 4.90 Å². The van der Waals surface area contributed by atoms with Crippen molar-refractivity contribution in [2.45, 2.75) is 11.4 Å². The number of thiazole rings is 1. The maximum atomic E-state index is 13.0. The summed E-state index contributed by atoms with van der Waals surface area (Å²) < 4.78 is 30.1. The quantitative estimate of drug-likeness (QED) is 0.537. The molecule has 4 aromatic rings. The molecule has 1 N–H and O–H groups in total. The molecule has 0 saturated carbocycles. The van der Waals surface area contributed by atoms with E-state index in [2.05, 4.69) is 14.8 Å². The Morgan fingerprint density at radius 2 is 1.70 bits per heavy atom. The minimum atomic E-state index is -3.82. The van der Waals surface area contributed by atoms with Gasteiger partial charge in [0.2, 0.25) is 0 Å². The highest BCUT2D eigenvalue weighted by Gasteiger charge is 2.24. The van der Waals surface area contributed by atoms with Crippen molar-refractivity contribution < 1.29 is 8.42 Å². The summed E-state index contributed by atoms with van der Waals surface area (Å²) in [5.41, 5.74) is 2.19. The molecule has 0 bridgehead atoms. The molecule has 27 heavy (non-hydrogen) atoms. The molecule has 0 unspecified atom stereocenters. The van der Waals surface area contributed by atoms with Crippen molar-refractivity contribution in [1.82, 2.24) is 14.8 Å². The fraction of sp³-hybridized carbons (Fsp3) is 0.0526. The van der Waals surface area contributed by atoms with Crippen LogP contribution in [0.25, 0.3) is 11.3 Å². The second kappa shape index (κ2) is 7.34. The maximum Gasteiger partial charge on any atom is 0.267 e. The van der Waals surface area contributed by atoms with Gasteiger partial charge in [0.05, 0.1) is 6.54 Å². The van der Waals surface area contributed by atoms with Crippen molar-refractivity contribution in [2.75, 3.05) is 4.72 Å². The minimum absolute atomic E-state index is 0.125. The van der Waals surface area contributed by atoms with E-state index in [1.165, 1.54) is 11.3 Å². The van der Waals surface area contributed by atoms with E-state index in [0.29, 0.717) is 17.4 Å². The Morgan fingerprint density at radius 1 is 1.00 bits per heavy atom. The number of hydrogen-bond donors (Lipinski definition) is 1. The average Bonchev–Trinajstić information content (AvgIpc) is 3.33. The smallest absolute Gasteiger partial charge is 0.266 e. The fourth-order valence-corrected chi connectivity index (χ4v) is 4.65. The summed E-state index contributed by atoms with van der Waals surface area (Å²) in [4.78, 5) is 4.13. The zero-order chi connectivity index (χ0) is 18.7. The number of benzene rings is 2. The third-order valence-corrected chi connectivity index (χ3v) is 6.06. The summed E-state index contributed by atoms with van der Waals surface area (Å²) in [5, 5.41) is 6.59. The van der Waals surface area contributed by atoms with Crippen LogP contribution in [0.5, 0.6) is 0 Å². The van der Waals surface area contributed by atoms with Crippen LogP contribution in [0.15, 0.2) is 83.3 Å². The fourth-order valence-electron chi connectivity index (χ4n) is 2.69. The lowest BCUT2D eigenvalue weighted by Crippen LogP contribution is -2.13. The number of sulfonamides is 1. The normalized spacial score (nSPS) is 11.4. The van der Waals surface area contributed by atoms with E-state index in [1.807, 2.05) is 60.7 Å². The molecule has 2 heterocycles. The van der Waals surface area contributed by atoms with Crippen LogP contribution >= 0.6 is 11.3 Å². The van der Waals surface area contributed by atoms with Gasteiger partial charge < -0.3 is 0 Å². The molecule has 0 radical (unpaired) electrons. The number of anilines is 1. The lowest BCUT2D eigenvalue weighted by atomic mass is 10.2. The molecule has 0 amide bonds. The molecule has 0 aliphatic rings. The minimum Gasteiger partial charge on any atom is -0.266 e. The van der Waals surface area contributed by atoms with Crippen molar-refractivity contribution >= 4 is 26.5 Å². The monoisotopic (exact) mass is 396 g/mol. The molecule has 0 saturated heterocycles. The predicted octanol–water partition coefficient (Wildman–Crippen LogP) is 3.86. The summed E-state index contributed by atoms with van der Waals surface area (Å²) in [6.45, 7) is 0.480. The molecule has 4 rings (SSSR count). The Morgan fingerprint density at radius 3 is 2.37 bits per heavy atom. The number of nitrogens with one attached hydrogen (secondary N) is 1. The first-order valence-electron chi connectivity index (χ1n) is 8.21. The van der Waals surface area contributed by atoms with Crippen molar-refractivity contribution in [1.29, 1.82) is 0 Å². The van der Waals surface area contributed by atoms with Gasteiger partial charge >= 0.3 is 0 Å². The number of rotatable bonds is 6. The maximum absolute atomic E-state index is 13.0. The van der Waals surface area contributed by atoms with Crippen LogP contribution in [-0.2, 0) is 16.6 Å². The molecule has 0 spiro atoms. The van der Waals surface area contributed by atoms with Crippen molar-refractivity contribution in [3.05, 3.63) is 84.0 Å². The van der Waals surface area contributed by atoms with Crippen molar-refractivity contribution in [3.8, 4) is 11.3 Å². The number of nitrogens with zero attached hydrogens (tertiary/aromatic N) is 3. The van der Waals surface area contributed by atoms with Crippen molar-refractivity contribution in [2.24, 2.45) is 0 Å². The second-order valence-corrected chi connectivity index (χ2v) is 8.38. The lowest BCUT2D eigenvalue weighted by Gasteiger charge is -2.05. The third kappa shape index (κ3) is 3.91. The van der Waals surface area contributed by atoms with Gasteiger partial charge in [0.25, 0.3) is 10.0 Å². The van der Waals surface area contributed by atoms with E-state index in [1.54, 1.807) is 22.5 Å². The van der Waals surface area contributed by atoms with Gasteiger partial charge in [0.1, 0.15) is 10.6 Å². The number of aromatic nitrogens is 3. The van der Waals surface area contributed by atoms with E-state index in [9.17, 15) is 8.42 Å². The van der Waals surface area contributed by atoms with Crippen LogP contribution in [0.2, 0.25) is 0 Å². The second-order valence-electron chi connectivity index (χ2n) is 5.83. The molecule has 0 fully saturated rings. The van der Waals surface area contributed by atoms with Gasteiger partial charge in [0.15, 0.2) is 5.13 Å². The Balaban J connectivity index is 1.76. The van der Waals surface area contributed by atoms with E-state index < -0.39 is 10.0 Å². The molecule has 0 atom stereocenters. The van der Waals surface area contributed by atoms with Gasteiger partial charge in [-0.2, -0.15) is 5.10 Å². The summed E-state index contributed by atoms with van der Waals surface area (Å²) >= 11 is 1.23. The predicted molar refractivity (Wildman–Crippen MR) is 106 cm³/mol. The Hall–Kier alpha value is -2.97. The molecule has 6 nitrogen and oxygen atoms in total. The van der Waals surface area contributed by atoms with Crippen LogP contribution in [0.3, 0.4) is 0 Å². The Labute approximate surface area is 161 Å². The Kier molecular flexibility index (Phi) is 4.74. The number of hydrogen-bond acceptors (Lipinski definition) is 5. The third-order valence-electron chi connectivity index (χ3n) is 3.91. The molecule has 2 aromatic heterocycles. The molecule has 0 aliphatic carbocycles. The first kappa shape index (κ1) is 17.4. The van der Waals surface area contributed by atoms with Crippen molar-refractivity contribution in [3.63, 3.8) is 0 Å². The van der Waals surface area contributed by atoms with E-state index >= 15 is 0 Å². The Bertz CT molecular complexity index is 1120. The highest BCUT2D eigenvalue weighted by atomic mass is 32.2. The standard InChI is InChI=1S/C19H16N4O2S2/c24-27(25,22-19-20-11-12-26-19)17-14-23(13-15-7-3-1-4-8-15)21-18(17)16-9-5-2-6-10-16/h1-12,14H,13H2,(H,20,22). The van der Waals surface area contributed by atoms with Gasteiger partial charge in [0, 0.05) is 23.3 Å². The van der Waals surface area contributed by atoms with Crippen LogP contribution in [-0.4, -0.2) is 23.2 Å². The van der Waals surface area contributed by atoms with Gasteiger partial charge in [-0.15, -0.1) is 11.3 Å². The molecule has 136 valence electrons. The van der Waals surface area contributed by atoms with Crippen LogP contribution in [0.4, 0.5) is 5.13 Å². The van der Waals surface area contributed by atoms with Gasteiger partial charge in [-0.05, 0) is 5.56 Å². The van der Waals surface area contributed by atoms with Gasteiger partial charge in [-0.1, -0.05) is 60.7 Å². The van der Waals surface area contributed by atoms with E-state index in [4.69, 9.17) is 0 Å². The van der Waals surface area contributed by atoms with E-state index in [0.717, 1.165) is 11.1 Å². The van der Waals surface area contributed by atoms with Crippen LogP contribution in [0, 0.1) is 0 Å². The van der Waals surface area contributed by atoms with Gasteiger partial charge in [-0.25, -0.2) is 13.4 Å². The zero-order valence-corrected chi connectivity index (χ0v) is 15.8. The van der Waals surface area contributed by atoms with Crippen LogP contribution in [0.1, 0.15) is 5.56 Å². The van der Waals surface area contributed by atoms with Gasteiger partial charge in [-0.3, -0.25) is 9.40 Å². The highest BCUT2D eigenvalue weighted by Crippen LogP contribution is 2.28. The molecular weight excluding hydrogens is 380 g/mol. The highest BCUT2D eigenvalue weighted by molar-refractivity contribution is 7.93. The summed E-state index contributed by atoms with van der Waals surface area (Å²) in [6.07, 6.45) is 3.12. The topological polar surface area (TPSA) is 76.9 Å². The average molecular weight is 396 g/mol. The molecule has 2 aromatic carbocycles. The summed E-state index contributed by atoms with van der Waals surface area (Å²) in [7, 11) is -3.82. The lowest BCUT2D eigenvalue weighted by molar-refractivity contribution is 0.601. The summed E-state index contributed by atoms with van der Waals surface area (Å²) in [5.74, 6) is 0.